The second-order valence-electron chi connectivity index (χ2n) is 3.82. The molecule has 1 N–H and O–H groups in total. The maximum absolute atomic E-state index is 12.2. The average Bonchev–Trinajstić information content (AvgIpc) is 2.38. The zero-order valence-electron chi connectivity index (χ0n) is 10.2. The highest BCUT2D eigenvalue weighted by molar-refractivity contribution is 9.10. The second-order valence-corrected chi connectivity index (χ2v) is 6.68. The van der Waals surface area contributed by atoms with Crippen LogP contribution in [0.1, 0.15) is 0 Å². The Bertz CT molecular complexity index is 813. The number of hydrogen-bond acceptors (Lipinski definition) is 5. The summed E-state index contributed by atoms with van der Waals surface area (Å²) in [5.74, 6) is 0. The van der Waals surface area contributed by atoms with Crippen molar-refractivity contribution in [2.45, 2.75) is 4.90 Å². The summed E-state index contributed by atoms with van der Waals surface area (Å²) in [6.07, 6.45) is 1.36. The van der Waals surface area contributed by atoms with Crippen LogP contribution in [0.25, 0.3) is 0 Å². The fourth-order valence-electron chi connectivity index (χ4n) is 1.50. The lowest BCUT2D eigenvalue weighted by Gasteiger charge is -2.09. The van der Waals surface area contributed by atoms with E-state index in [4.69, 9.17) is 11.6 Å². The topological polar surface area (TPSA) is 102 Å². The number of anilines is 1. The van der Waals surface area contributed by atoms with Gasteiger partial charge in [-0.05, 0) is 40.2 Å². The van der Waals surface area contributed by atoms with Crippen LogP contribution in [0.4, 0.5) is 11.4 Å². The van der Waals surface area contributed by atoms with Crippen molar-refractivity contribution in [2.75, 3.05) is 4.72 Å². The zero-order chi connectivity index (χ0) is 15.6. The third-order valence-electron chi connectivity index (χ3n) is 2.41. The molecule has 0 saturated heterocycles. The standard InChI is InChI=1S/C11H7BrClN3O4S/c12-8-6-7(3-4-9(8)16(17)18)15-21(19,20)10-2-1-5-14-11(10)13/h1-6,15H. The fourth-order valence-corrected chi connectivity index (χ4v) is 3.53. The monoisotopic (exact) mass is 391 g/mol. The van der Waals surface area contributed by atoms with Crippen molar-refractivity contribution in [3.63, 3.8) is 0 Å². The van der Waals surface area contributed by atoms with Gasteiger partial charge in [-0.15, -0.1) is 0 Å². The van der Waals surface area contributed by atoms with E-state index in [1.54, 1.807) is 0 Å². The average molecular weight is 393 g/mol. The molecule has 10 heteroatoms. The molecule has 2 aromatic rings. The van der Waals surface area contributed by atoms with E-state index in [2.05, 4.69) is 25.6 Å². The van der Waals surface area contributed by atoms with Crippen LogP contribution >= 0.6 is 27.5 Å². The minimum absolute atomic E-state index is 0.157. The maximum Gasteiger partial charge on any atom is 0.283 e. The first kappa shape index (κ1) is 15.7. The van der Waals surface area contributed by atoms with Crippen LogP contribution in [0.2, 0.25) is 5.15 Å². The van der Waals surface area contributed by atoms with Gasteiger partial charge in [0.25, 0.3) is 15.7 Å². The smallest absolute Gasteiger partial charge is 0.279 e. The first-order valence-corrected chi connectivity index (χ1v) is 8.04. The highest BCUT2D eigenvalue weighted by Crippen LogP contribution is 2.29. The summed E-state index contributed by atoms with van der Waals surface area (Å²) in [6.45, 7) is 0. The van der Waals surface area contributed by atoms with E-state index in [9.17, 15) is 18.5 Å². The molecule has 7 nitrogen and oxygen atoms in total. The lowest BCUT2D eigenvalue weighted by atomic mass is 10.3. The summed E-state index contributed by atoms with van der Waals surface area (Å²) < 4.78 is 26.8. The minimum Gasteiger partial charge on any atom is -0.279 e. The van der Waals surface area contributed by atoms with Gasteiger partial charge in [0, 0.05) is 12.3 Å². The number of nitrogens with zero attached hydrogens (tertiary/aromatic N) is 2. The van der Waals surface area contributed by atoms with E-state index in [0.29, 0.717) is 0 Å². The number of nitro benzene ring substituents is 1. The van der Waals surface area contributed by atoms with Crippen molar-refractivity contribution in [1.29, 1.82) is 0 Å². The molecule has 0 bridgehead atoms. The van der Waals surface area contributed by atoms with Crippen LogP contribution in [0, 0.1) is 10.1 Å². The van der Waals surface area contributed by atoms with E-state index in [0.717, 1.165) is 0 Å². The van der Waals surface area contributed by atoms with E-state index in [1.165, 1.54) is 36.5 Å². The number of nitro groups is 1. The van der Waals surface area contributed by atoms with Crippen molar-refractivity contribution >= 4 is 48.9 Å². The Morgan fingerprint density at radius 3 is 2.62 bits per heavy atom. The van der Waals surface area contributed by atoms with Crippen molar-refractivity contribution in [1.82, 2.24) is 4.98 Å². The fraction of sp³-hybridized carbons (Fsp3) is 0. The summed E-state index contributed by atoms with van der Waals surface area (Å²) in [7, 11) is -3.93. The van der Waals surface area contributed by atoms with E-state index in [1.807, 2.05) is 0 Å². The van der Waals surface area contributed by atoms with Crippen LogP contribution in [-0.4, -0.2) is 18.3 Å². The number of hydrogen-bond donors (Lipinski definition) is 1. The normalized spacial score (nSPS) is 11.1. The molecular weight excluding hydrogens is 386 g/mol. The molecule has 0 saturated carbocycles. The SMILES string of the molecule is O=[N+]([O-])c1ccc(NS(=O)(=O)c2cccnc2Cl)cc1Br. The Morgan fingerprint density at radius 2 is 2.05 bits per heavy atom. The molecule has 0 atom stereocenters. The van der Waals surface area contributed by atoms with Gasteiger partial charge in [0.1, 0.15) is 10.0 Å². The maximum atomic E-state index is 12.2. The Morgan fingerprint density at radius 1 is 1.33 bits per heavy atom. The van der Waals surface area contributed by atoms with Crippen LogP contribution < -0.4 is 4.72 Å². The Labute approximate surface area is 133 Å². The number of sulfonamides is 1. The van der Waals surface area contributed by atoms with Crippen molar-refractivity contribution in [2.24, 2.45) is 0 Å². The van der Waals surface area contributed by atoms with Gasteiger partial charge in [-0.25, -0.2) is 13.4 Å². The van der Waals surface area contributed by atoms with Gasteiger partial charge >= 0.3 is 0 Å². The molecule has 2 rings (SSSR count). The van der Waals surface area contributed by atoms with Crippen molar-refractivity contribution < 1.29 is 13.3 Å². The van der Waals surface area contributed by atoms with E-state index in [-0.39, 0.29) is 25.9 Å². The van der Waals surface area contributed by atoms with Gasteiger partial charge < -0.3 is 0 Å². The predicted molar refractivity (Wildman–Crippen MR) is 80.9 cm³/mol. The number of halogens is 2. The van der Waals surface area contributed by atoms with Crippen LogP contribution in [0.15, 0.2) is 45.9 Å². The Balaban J connectivity index is 2.36. The molecule has 1 aromatic carbocycles. The van der Waals surface area contributed by atoms with Gasteiger partial charge in [-0.2, -0.15) is 0 Å². The summed E-state index contributed by atoms with van der Waals surface area (Å²) in [5.41, 5.74) is -0.00949. The minimum atomic E-state index is -3.93. The zero-order valence-corrected chi connectivity index (χ0v) is 13.3. The molecule has 1 heterocycles. The number of aromatic nitrogens is 1. The molecule has 0 aliphatic carbocycles. The van der Waals surface area contributed by atoms with Gasteiger partial charge in [0.2, 0.25) is 0 Å². The third kappa shape index (κ3) is 3.49. The molecule has 0 unspecified atom stereocenters. The number of pyridine rings is 1. The van der Waals surface area contributed by atoms with Gasteiger partial charge in [0.05, 0.1) is 15.1 Å². The van der Waals surface area contributed by atoms with E-state index < -0.39 is 14.9 Å². The molecule has 0 radical (unpaired) electrons. The summed E-state index contributed by atoms with van der Waals surface area (Å²) in [6, 6.07) is 6.50. The quantitative estimate of drug-likeness (QED) is 0.489. The number of benzene rings is 1. The molecule has 0 fully saturated rings. The third-order valence-corrected chi connectivity index (χ3v) is 4.87. The summed E-state index contributed by atoms with van der Waals surface area (Å²) >= 11 is 8.76. The highest BCUT2D eigenvalue weighted by Gasteiger charge is 2.20. The Kier molecular flexibility index (Phi) is 4.45. The number of nitrogens with one attached hydrogen (secondary N) is 1. The van der Waals surface area contributed by atoms with Crippen molar-refractivity contribution in [3.05, 3.63) is 56.3 Å². The van der Waals surface area contributed by atoms with Crippen molar-refractivity contribution in [3.8, 4) is 0 Å². The first-order valence-electron chi connectivity index (χ1n) is 5.38. The first-order chi connectivity index (χ1) is 9.81. The lowest BCUT2D eigenvalue weighted by Crippen LogP contribution is -2.13. The molecule has 0 amide bonds. The van der Waals surface area contributed by atoms with Crippen LogP contribution in [0.5, 0.6) is 0 Å². The molecular formula is C11H7BrClN3O4S. The molecule has 0 aliphatic rings. The highest BCUT2D eigenvalue weighted by atomic mass is 79.9. The van der Waals surface area contributed by atoms with Crippen LogP contribution in [0.3, 0.4) is 0 Å². The molecule has 1 aromatic heterocycles. The molecule has 110 valence electrons. The van der Waals surface area contributed by atoms with Crippen LogP contribution in [-0.2, 0) is 10.0 Å². The van der Waals surface area contributed by atoms with Gasteiger partial charge in [0.15, 0.2) is 0 Å². The molecule has 0 spiro atoms. The lowest BCUT2D eigenvalue weighted by molar-refractivity contribution is -0.385. The van der Waals surface area contributed by atoms with Gasteiger partial charge in [-0.1, -0.05) is 11.6 Å². The van der Waals surface area contributed by atoms with E-state index >= 15 is 0 Å². The molecule has 0 aliphatic heterocycles. The number of rotatable bonds is 4. The van der Waals surface area contributed by atoms with Gasteiger partial charge in [-0.3, -0.25) is 14.8 Å². The second kappa shape index (κ2) is 5.96. The Hall–Kier alpha value is -1.71. The predicted octanol–water partition coefficient (Wildman–Crippen LogP) is 3.21. The molecule has 21 heavy (non-hydrogen) atoms. The summed E-state index contributed by atoms with van der Waals surface area (Å²) in [5, 5.41) is 10.5. The summed E-state index contributed by atoms with van der Waals surface area (Å²) in [4.78, 5) is 13.6. The largest absolute Gasteiger partial charge is 0.283 e.